The van der Waals surface area contributed by atoms with Crippen LogP contribution in [0, 0.1) is 0 Å². The summed E-state index contributed by atoms with van der Waals surface area (Å²) in [5.41, 5.74) is -1.30. The van der Waals surface area contributed by atoms with Crippen LogP contribution in [-0.2, 0) is 15.8 Å². The second-order valence-electron chi connectivity index (χ2n) is 6.32. The maximum atomic E-state index is 13.0. The number of benzene rings is 1. The van der Waals surface area contributed by atoms with E-state index in [4.69, 9.17) is 0 Å². The molecule has 6 nitrogen and oxygen atoms in total. The first kappa shape index (κ1) is 19.7. The summed E-state index contributed by atoms with van der Waals surface area (Å²) in [6.45, 7) is 1.98. The molecule has 0 bridgehead atoms. The minimum atomic E-state index is -4.59. The number of anilines is 2. The molecule has 0 radical (unpaired) electrons. The van der Waals surface area contributed by atoms with E-state index in [1.54, 1.807) is 6.20 Å². The van der Waals surface area contributed by atoms with E-state index in [9.17, 15) is 22.8 Å². The Morgan fingerprint density at radius 3 is 2.32 bits per heavy atom. The Balaban J connectivity index is 1.54. The summed E-state index contributed by atoms with van der Waals surface area (Å²) in [6, 6.07) is 10.3. The Morgan fingerprint density at radius 2 is 1.68 bits per heavy atom. The highest BCUT2D eigenvalue weighted by molar-refractivity contribution is 6.04. The Bertz CT molecular complexity index is 835. The number of pyridine rings is 1. The van der Waals surface area contributed by atoms with Gasteiger partial charge in [-0.2, -0.15) is 13.2 Å². The summed E-state index contributed by atoms with van der Waals surface area (Å²) in [5, 5.41) is 2.19. The molecule has 0 spiro atoms. The fourth-order valence-electron chi connectivity index (χ4n) is 3.01. The van der Waals surface area contributed by atoms with Gasteiger partial charge in [0.1, 0.15) is 12.2 Å². The zero-order chi connectivity index (χ0) is 20.1. The molecule has 1 N–H and O–H groups in total. The molecule has 1 aromatic heterocycles. The van der Waals surface area contributed by atoms with E-state index in [1.165, 1.54) is 17.0 Å². The van der Waals surface area contributed by atoms with Crippen molar-refractivity contribution in [2.45, 2.75) is 12.6 Å². The van der Waals surface area contributed by atoms with Crippen molar-refractivity contribution in [1.29, 1.82) is 0 Å². The van der Waals surface area contributed by atoms with Crippen molar-refractivity contribution >= 4 is 23.3 Å². The van der Waals surface area contributed by atoms with Crippen LogP contribution in [0.15, 0.2) is 48.7 Å². The van der Waals surface area contributed by atoms with E-state index in [-0.39, 0.29) is 5.69 Å². The van der Waals surface area contributed by atoms with Crippen LogP contribution in [0.3, 0.4) is 0 Å². The molecular weight excluding hydrogens is 373 g/mol. The second-order valence-corrected chi connectivity index (χ2v) is 6.32. The van der Waals surface area contributed by atoms with Crippen molar-refractivity contribution in [1.82, 2.24) is 9.88 Å². The minimum absolute atomic E-state index is 0.354. The highest BCUT2D eigenvalue weighted by Gasteiger charge is 2.33. The van der Waals surface area contributed by atoms with Crippen LogP contribution in [0.2, 0.25) is 0 Å². The molecule has 0 atom stereocenters. The van der Waals surface area contributed by atoms with Crippen LogP contribution in [0.5, 0.6) is 0 Å². The van der Waals surface area contributed by atoms with Crippen LogP contribution < -0.4 is 10.2 Å². The molecule has 0 saturated carbocycles. The van der Waals surface area contributed by atoms with E-state index < -0.39 is 30.0 Å². The fourth-order valence-corrected chi connectivity index (χ4v) is 3.01. The monoisotopic (exact) mass is 392 g/mol. The van der Waals surface area contributed by atoms with Gasteiger partial charge in [-0.15, -0.1) is 0 Å². The van der Waals surface area contributed by atoms with Crippen LogP contribution in [0.1, 0.15) is 12.0 Å². The average molecular weight is 392 g/mol. The standard InChI is InChI=1S/C19H19F3N4O2/c20-19(21,22)14-5-1-2-6-15(14)24-17(27)13-18(28)26-11-9-25(10-12-26)16-7-3-4-8-23-16/h1-8H,9-13H2,(H,24,27). The largest absolute Gasteiger partial charge is 0.418 e. The zero-order valence-corrected chi connectivity index (χ0v) is 14.9. The van der Waals surface area contributed by atoms with E-state index in [1.807, 2.05) is 23.1 Å². The molecule has 1 fully saturated rings. The van der Waals surface area contributed by atoms with E-state index in [2.05, 4.69) is 10.3 Å². The number of nitrogens with one attached hydrogen (secondary N) is 1. The highest BCUT2D eigenvalue weighted by atomic mass is 19.4. The van der Waals surface area contributed by atoms with Gasteiger partial charge in [0, 0.05) is 32.4 Å². The molecule has 0 unspecified atom stereocenters. The third kappa shape index (κ3) is 4.79. The quantitative estimate of drug-likeness (QED) is 0.813. The van der Waals surface area contributed by atoms with Crippen molar-refractivity contribution in [3.05, 3.63) is 54.2 Å². The molecule has 1 aliphatic heterocycles. The zero-order valence-electron chi connectivity index (χ0n) is 14.9. The Labute approximate surface area is 160 Å². The number of amides is 2. The number of carbonyl (C=O) groups is 2. The molecule has 3 rings (SSSR count). The first-order valence-electron chi connectivity index (χ1n) is 8.74. The van der Waals surface area contributed by atoms with Gasteiger partial charge in [-0.3, -0.25) is 9.59 Å². The predicted molar refractivity (Wildman–Crippen MR) is 97.7 cm³/mol. The normalized spacial score (nSPS) is 14.7. The summed E-state index contributed by atoms with van der Waals surface area (Å²) >= 11 is 0. The van der Waals surface area contributed by atoms with Crippen molar-refractivity contribution in [2.75, 3.05) is 36.4 Å². The van der Waals surface area contributed by atoms with Crippen LogP contribution in [0.25, 0.3) is 0 Å². The lowest BCUT2D eigenvalue weighted by Gasteiger charge is -2.35. The maximum Gasteiger partial charge on any atom is 0.418 e. The smallest absolute Gasteiger partial charge is 0.353 e. The highest BCUT2D eigenvalue weighted by Crippen LogP contribution is 2.34. The molecule has 1 saturated heterocycles. The Morgan fingerprint density at radius 1 is 1.00 bits per heavy atom. The number of carbonyl (C=O) groups excluding carboxylic acids is 2. The molecule has 2 amide bonds. The first-order valence-corrected chi connectivity index (χ1v) is 8.74. The Hall–Kier alpha value is -3.10. The molecule has 148 valence electrons. The van der Waals surface area contributed by atoms with Crippen molar-refractivity contribution in [3.63, 3.8) is 0 Å². The fraction of sp³-hybridized carbons (Fsp3) is 0.316. The van der Waals surface area contributed by atoms with Gasteiger partial charge in [0.15, 0.2) is 0 Å². The average Bonchev–Trinajstić information content (AvgIpc) is 2.68. The molecule has 0 aliphatic carbocycles. The van der Waals surface area contributed by atoms with Gasteiger partial charge >= 0.3 is 6.18 Å². The summed E-state index contributed by atoms with van der Waals surface area (Å²) in [7, 11) is 0. The predicted octanol–water partition coefficient (Wildman–Crippen LogP) is 2.78. The van der Waals surface area contributed by atoms with Gasteiger partial charge in [-0.25, -0.2) is 4.98 Å². The van der Waals surface area contributed by atoms with Crippen molar-refractivity contribution in [2.24, 2.45) is 0 Å². The van der Waals surface area contributed by atoms with Crippen LogP contribution >= 0.6 is 0 Å². The Kier molecular flexibility index (Phi) is 5.81. The van der Waals surface area contributed by atoms with Crippen molar-refractivity contribution < 1.29 is 22.8 Å². The van der Waals surface area contributed by atoms with E-state index in [0.29, 0.717) is 26.2 Å². The van der Waals surface area contributed by atoms with Gasteiger partial charge in [-0.05, 0) is 24.3 Å². The van der Waals surface area contributed by atoms with E-state index >= 15 is 0 Å². The number of nitrogens with zero attached hydrogens (tertiary/aromatic N) is 3. The summed E-state index contributed by atoms with van der Waals surface area (Å²) in [6.07, 6.45) is -3.40. The minimum Gasteiger partial charge on any atom is -0.353 e. The lowest BCUT2D eigenvalue weighted by molar-refractivity contribution is -0.137. The maximum absolute atomic E-state index is 13.0. The van der Waals surface area contributed by atoms with Crippen molar-refractivity contribution in [3.8, 4) is 0 Å². The number of hydrogen-bond acceptors (Lipinski definition) is 4. The topological polar surface area (TPSA) is 65.5 Å². The van der Waals surface area contributed by atoms with E-state index in [0.717, 1.165) is 18.0 Å². The van der Waals surface area contributed by atoms with Gasteiger partial charge in [0.25, 0.3) is 0 Å². The number of aromatic nitrogens is 1. The number of para-hydroxylation sites is 1. The van der Waals surface area contributed by atoms with Crippen LogP contribution in [-0.4, -0.2) is 47.9 Å². The van der Waals surface area contributed by atoms with Crippen LogP contribution in [0.4, 0.5) is 24.7 Å². The number of hydrogen-bond donors (Lipinski definition) is 1. The van der Waals surface area contributed by atoms with Gasteiger partial charge in [-0.1, -0.05) is 18.2 Å². The SMILES string of the molecule is O=C(CC(=O)N1CCN(c2ccccn2)CC1)Nc1ccccc1C(F)(F)F. The molecule has 2 heterocycles. The van der Waals surface area contributed by atoms with Gasteiger partial charge in [0.2, 0.25) is 11.8 Å². The number of piperazine rings is 1. The second kappa shape index (κ2) is 8.28. The third-order valence-electron chi connectivity index (χ3n) is 4.42. The number of rotatable bonds is 4. The lowest BCUT2D eigenvalue weighted by Crippen LogP contribution is -2.49. The summed E-state index contributed by atoms with van der Waals surface area (Å²) < 4.78 is 39.0. The molecule has 9 heteroatoms. The lowest BCUT2D eigenvalue weighted by atomic mass is 10.1. The molecule has 2 aromatic rings. The molecule has 1 aliphatic rings. The molecule has 1 aromatic carbocycles. The number of halogens is 3. The van der Waals surface area contributed by atoms with Gasteiger partial charge in [0.05, 0.1) is 11.3 Å². The summed E-state index contributed by atoms with van der Waals surface area (Å²) in [5.74, 6) is -0.368. The first-order chi connectivity index (χ1) is 13.3. The summed E-state index contributed by atoms with van der Waals surface area (Å²) in [4.78, 5) is 32.2. The van der Waals surface area contributed by atoms with Gasteiger partial charge < -0.3 is 15.1 Å². The molecular formula is C19H19F3N4O2. The third-order valence-corrected chi connectivity index (χ3v) is 4.42. The molecule has 28 heavy (non-hydrogen) atoms. The number of alkyl halides is 3.